The van der Waals surface area contributed by atoms with Crippen LogP contribution in [0.5, 0.6) is 5.75 Å². The third-order valence-corrected chi connectivity index (χ3v) is 3.15. The van der Waals surface area contributed by atoms with Gasteiger partial charge < -0.3 is 10.1 Å². The van der Waals surface area contributed by atoms with Crippen LogP contribution in [0, 0.1) is 0 Å². The Morgan fingerprint density at radius 2 is 1.81 bits per heavy atom. The van der Waals surface area contributed by atoms with Crippen molar-refractivity contribution in [3.8, 4) is 5.75 Å². The highest BCUT2D eigenvalue weighted by Crippen LogP contribution is 2.24. The lowest BCUT2D eigenvalue weighted by molar-refractivity contribution is 0.102. The minimum Gasteiger partial charge on any atom is -0.493 e. The first-order valence-electron chi connectivity index (χ1n) is 6.59. The molecular weight excluding hydrogens is 309 g/mol. The predicted molar refractivity (Wildman–Crippen MR) is 86.6 cm³/mol. The van der Waals surface area contributed by atoms with Crippen LogP contribution in [0.3, 0.4) is 0 Å². The Balaban J connectivity index is 2.20. The standard InChI is InChI=1S/C16H15Cl2NO2/c1-2-7-21-15-6-4-3-5-14(15)16(20)19-13-9-11(17)8-12(18)10-13/h3-6,8-10H,2,7H2,1H3,(H,19,20). The van der Waals surface area contributed by atoms with E-state index in [1.165, 1.54) is 0 Å². The van der Waals surface area contributed by atoms with E-state index in [9.17, 15) is 4.79 Å². The lowest BCUT2D eigenvalue weighted by Gasteiger charge is -2.11. The third kappa shape index (κ3) is 4.38. The van der Waals surface area contributed by atoms with Crippen molar-refractivity contribution in [3.63, 3.8) is 0 Å². The Labute approximate surface area is 133 Å². The number of amides is 1. The van der Waals surface area contributed by atoms with Gasteiger partial charge in [0.05, 0.1) is 12.2 Å². The Bertz CT molecular complexity index is 624. The topological polar surface area (TPSA) is 38.3 Å². The van der Waals surface area contributed by atoms with Gasteiger partial charge in [-0.3, -0.25) is 4.79 Å². The van der Waals surface area contributed by atoms with Crippen LogP contribution in [-0.4, -0.2) is 12.5 Å². The number of benzene rings is 2. The lowest BCUT2D eigenvalue weighted by atomic mass is 10.2. The number of carbonyl (C=O) groups is 1. The van der Waals surface area contributed by atoms with E-state index in [1.54, 1.807) is 36.4 Å². The highest BCUT2D eigenvalue weighted by Gasteiger charge is 2.12. The van der Waals surface area contributed by atoms with Gasteiger partial charge in [0.1, 0.15) is 5.75 Å². The van der Waals surface area contributed by atoms with E-state index < -0.39 is 0 Å². The summed E-state index contributed by atoms with van der Waals surface area (Å²) in [7, 11) is 0. The maximum atomic E-state index is 12.3. The minimum absolute atomic E-state index is 0.264. The van der Waals surface area contributed by atoms with E-state index in [-0.39, 0.29) is 5.91 Å². The van der Waals surface area contributed by atoms with Crippen LogP contribution in [0.4, 0.5) is 5.69 Å². The smallest absolute Gasteiger partial charge is 0.259 e. The van der Waals surface area contributed by atoms with Gasteiger partial charge in [-0.15, -0.1) is 0 Å². The molecule has 21 heavy (non-hydrogen) atoms. The van der Waals surface area contributed by atoms with E-state index in [1.807, 2.05) is 13.0 Å². The van der Waals surface area contributed by atoms with Crippen molar-refractivity contribution in [1.82, 2.24) is 0 Å². The summed E-state index contributed by atoms with van der Waals surface area (Å²) in [5.41, 5.74) is 1.02. The van der Waals surface area contributed by atoms with Crippen molar-refractivity contribution < 1.29 is 9.53 Å². The Morgan fingerprint density at radius 3 is 2.48 bits per heavy atom. The fourth-order valence-electron chi connectivity index (χ4n) is 1.82. The molecule has 5 heteroatoms. The summed E-state index contributed by atoms with van der Waals surface area (Å²) in [4.78, 5) is 12.3. The first kappa shape index (κ1) is 15.7. The largest absolute Gasteiger partial charge is 0.493 e. The maximum absolute atomic E-state index is 12.3. The molecule has 0 heterocycles. The van der Waals surface area contributed by atoms with Gasteiger partial charge in [0.2, 0.25) is 0 Å². The molecule has 0 radical (unpaired) electrons. The van der Waals surface area contributed by atoms with Crippen LogP contribution < -0.4 is 10.1 Å². The van der Waals surface area contributed by atoms with Gasteiger partial charge in [0.15, 0.2) is 0 Å². The molecule has 0 aliphatic rings. The molecule has 0 aliphatic heterocycles. The average Bonchev–Trinajstić information content (AvgIpc) is 2.44. The first-order chi connectivity index (χ1) is 10.1. The van der Waals surface area contributed by atoms with E-state index >= 15 is 0 Å². The van der Waals surface area contributed by atoms with Gasteiger partial charge in [0.25, 0.3) is 5.91 Å². The molecule has 2 aromatic carbocycles. The van der Waals surface area contributed by atoms with Gasteiger partial charge in [-0.25, -0.2) is 0 Å². The molecule has 0 aromatic heterocycles. The normalized spacial score (nSPS) is 10.2. The molecule has 1 amide bonds. The Morgan fingerprint density at radius 1 is 1.14 bits per heavy atom. The number of nitrogens with one attached hydrogen (secondary N) is 1. The van der Waals surface area contributed by atoms with Crippen molar-refractivity contribution in [2.24, 2.45) is 0 Å². The average molecular weight is 324 g/mol. The summed E-state index contributed by atoms with van der Waals surface area (Å²) in [6.07, 6.45) is 0.875. The fourth-order valence-corrected chi connectivity index (χ4v) is 2.34. The van der Waals surface area contributed by atoms with Crippen LogP contribution in [0.2, 0.25) is 10.0 Å². The lowest BCUT2D eigenvalue weighted by Crippen LogP contribution is -2.13. The number of halogens is 2. The van der Waals surface area contributed by atoms with Crippen molar-refractivity contribution in [3.05, 3.63) is 58.1 Å². The Hall–Kier alpha value is -1.71. The van der Waals surface area contributed by atoms with Crippen LogP contribution in [0.15, 0.2) is 42.5 Å². The summed E-state index contributed by atoms with van der Waals surface area (Å²) in [5.74, 6) is 0.296. The van der Waals surface area contributed by atoms with Crippen molar-refractivity contribution >= 4 is 34.8 Å². The molecule has 0 atom stereocenters. The molecule has 2 rings (SSSR count). The van der Waals surface area contributed by atoms with Crippen LogP contribution in [-0.2, 0) is 0 Å². The number of ether oxygens (including phenoxy) is 1. The first-order valence-corrected chi connectivity index (χ1v) is 7.35. The van der Waals surface area contributed by atoms with Gasteiger partial charge in [-0.05, 0) is 36.8 Å². The second kappa shape index (κ2) is 7.34. The number of para-hydroxylation sites is 1. The molecule has 0 unspecified atom stereocenters. The number of rotatable bonds is 5. The van der Waals surface area contributed by atoms with E-state index in [2.05, 4.69) is 5.32 Å². The van der Waals surface area contributed by atoms with Crippen molar-refractivity contribution in [1.29, 1.82) is 0 Å². The maximum Gasteiger partial charge on any atom is 0.259 e. The minimum atomic E-state index is -0.264. The fraction of sp³-hybridized carbons (Fsp3) is 0.188. The zero-order valence-electron chi connectivity index (χ0n) is 11.5. The second-order valence-corrected chi connectivity index (χ2v) is 5.33. The van der Waals surface area contributed by atoms with Gasteiger partial charge in [-0.1, -0.05) is 42.3 Å². The number of hydrogen-bond donors (Lipinski definition) is 1. The summed E-state index contributed by atoms with van der Waals surface area (Å²) < 4.78 is 5.58. The summed E-state index contributed by atoms with van der Waals surface area (Å²) in [5, 5.41) is 3.70. The monoisotopic (exact) mass is 323 g/mol. The van der Waals surface area contributed by atoms with Crippen LogP contribution in [0.25, 0.3) is 0 Å². The van der Waals surface area contributed by atoms with Gasteiger partial charge in [0, 0.05) is 15.7 Å². The highest BCUT2D eigenvalue weighted by molar-refractivity contribution is 6.35. The number of hydrogen-bond acceptors (Lipinski definition) is 2. The third-order valence-electron chi connectivity index (χ3n) is 2.71. The van der Waals surface area contributed by atoms with E-state index in [0.29, 0.717) is 33.7 Å². The molecule has 0 bridgehead atoms. The zero-order valence-corrected chi connectivity index (χ0v) is 13.0. The molecule has 0 aliphatic carbocycles. The van der Waals surface area contributed by atoms with E-state index in [0.717, 1.165) is 6.42 Å². The summed E-state index contributed by atoms with van der Waals surface area (Å²) in [6, 6.07) is 12.0. The molecule has 110 valence electrons. The highest BCUT2D eigenvalue weighted by atomic mass is 35.5. The summed E-state index contributed by atoms with van der Waals surface area (Å²) in [6.45, 7) is 2.57. The second-order valence-electron chi connectivity index (χ2n) is 4.46. The zero-order chi connectivity index (χ0) is 15.2. The summed E-state index contributed by atoms with van der Waals surface area (Å²) >= 11 is 11.8. The molecule has 3 nitrogen and oxygen atoms in total. The van der Waals surface area contributed by atoms with Gasteiger partial charge >= 0.3 is 0 Å². The van der Waals surface area contributed by atoms with Crippen LogP contribution in [0.1, 0.15) is 23.7 Å². The predicted octanol–water partition coefficient (Wildman–Crippen LogP) is 5.03. The van der Waals surface area contributed by atoms with Crippen molar-refractivity contribution in [2.45, 2.75) is 13.3 Å². The Kier molecular flexibility index (Phi) is 5.48. The molecule has 0 saturated heterocycles. The van der Waals surface area contributed by atoms with E-state index in [4.69, 9.17) is 27.9 Å². The molecule has 0 fully saturated rings. The quantitative estimate of drug-likeness (QED) is 0.837. The van der Waals surface area contributed by atoms with Crippen LogP contribution >= 0.6 is 23.2 Å². The SMILES string of the molecule is CCCOc1ccccc1C(=O)Nc1cc(Cl)cc(Cl)c1. The number of anilines is 1. The van der Waals surface area contributed by atoms with Gasteiger partial charge in [-0.2, -0.15) is 0 Å². The molecule has 2 aromatic rings. The molecule has 0 saturated carbocycles. The molecular formula is C16H15Cl2NO2. The molecule has 0 spiro atoms. The molecule has 1 N–H and O–H groups in total. The number of carbonyl (C=O) groups excluding carboxylic acids is 1. The van der Waals surface area contributed by atoms with Crippen molar-refractivity contribution in [2.75, 3.05) is 11.9 Å².